The van der Waals surface area contributed by atoms with Gasteiger partial charge in [-0.1, -0.05) is 22.0 Å². The first kappa shape index (κ1) is 13.3. The van der Waals surface area contributed by atoms with E-state index in [1.807, 2.05) is 18.2 Å². The van der Waals surface area contributed by atoms with Crippen LogP contribution in [0.2, 0.25) is 0 Å². The van der Waals surface area contributed by atoms with Crippen LogP contribution in [0.1, 0.15) is 31.2 Å². The summed E-state index contributed by atoms with van der Waals surface area (Å²) in [5.41, 5.74) is 1.99. The third-order valence-electron chi connectivity index (χ3n) is 3.25. The van der Waals surface area contributed by atoms with Crippen molar-refractivity contribution in [1.29, 1.82) is 0 Å². The molecule has 3 heteroatoms. The minimum Gasteiger partial charge on any atom is -0.497 e. The van der Waals surface area contributed by atoms with E-state index in [9.17, 15) is 4.79 Å². The summed E-state index contributed by atoms with van der Waals surface area (Å²) in [4.78, 5) is 12.2. The monoisotopic (exact) mass is 308 g/mol. The van der Waals surface area contributed by atoms with E-state index in [0.717, 1.165) is 40.6 Å². The molecule has 0 saturated carbocycles. The number of ether oxygens (including phenoxy) is 1. The molecule has 0 unspecified atom stereocenters. The molecule has 0 N–H and O–H groups in total. The van der Waals surface area contributed by atoms with Crippen LogP contribution in [0.4, 0.5) is 0 Å². The Hall–Kier alpha value is -1.09. The Morgan fingerprint density at radius 1 is 1.39 bits per heavy atom. The zero-order chi connectivity index (χ0) is 13.0. The Balaban J connectivity index is 2.13. The number of methoxy groups -OCH3 is 1. The number of hydrogen-bond acceptors (Lipinski definition) is 2. The second-order valence-corrected chi connectivity index (χ2v) is 5.39. The van der Waals surface area contributed by atoms with Crippen LogP contribution in [0.15, 0.2) is 34.3 Å². The summed E-state index contributed by atoms with van der Waals surface area (Å²) >= 11 is 3.48. The predicted octanol–water partition coefficient (Wildman–Crippen LogP) is 4.07. The van der Waals surface area contributed by atoms with Crippen molar-refractivity contribution in [3.8, 4) is 5.75 Å². The highest BCUT2D eigenvalue weighted by atomic mass is 79.9. The number of carbonyl (C=O) groups is 1. The number of benzene rings is 1. The van der Waals surface area contributed by atoms with Gasteiger partial charge in [0.05, 0.1) is 7.11 Å². The fraction of sp³-hybridized carbons (Fsp3) is 0.400. The van der Waals surface area contributed by atoms with Crippen molar-refractivity contribution in [3.05, 3.63) is 39.9 Å². The maximum absolute atomic E-state index is 12.2. The third kappa shape index (κ3) is 3.22. The molecule has 0 atom stereocenters. The van der Waals surface area contributed by atoms with E-state index >= 15 is 0 Å². The van der Waals surface area contributed by atoms with Gasteiger partial charge in [0.2, 0.25) is 0 Å². The third-order valence-corrected chi connectivity index (χ3v) is 4.03. The molecule has 1 aliphatic rings. The molecule has 0 fully saturated rings. The Labute approximate surface area is 116 Å². The fourth-order valence-corrected chi connectivity index (χ4v) is 2.58. The maximum atomic E-state index is 12.2. The Morgan fingerprint density at radius 2 is 2.22 bits per heavy atom. The van der Waals surface area contributed by atoms with Crippen molar-refractivity contribution in [3.63, 3.8) is 0 Å². The van der Waals surface area contributed by atoms with Crippen molar-refractivity contribution in [2.24, 2.45) is 0 Å². The van der Waals surface area contributed by atoms with Gasteiger partial charge in [-0.2, -0.15) is 0 Å². The summed E-state index contributed by atoms with van der Waals surface area (Å²) in [6, 6.07) is 5.74. The second kappa shape index (κ2) is 6.19. The van der Waals surface area contributed by atoms with Gasteiger partial charge >= 0.3 is 0 Å². The maximum Gasteiger partial charge on any atom is 0.162 e. The molecule has 0 amide bonds. The van der Waals surface area contributed by atoms with Gasteiger partial charge in [-0.15, -0.1) is 0 Å². The summed E-state index contributed by atoms with van der Waals surface area (Å²) < 4.78 is 6.16. The smallest absolute Gasteiger partial charge is 0.162 e. The predicted molar refractivity (Wildman–Crippen MR) is 76.0 cm³/mol. The summed E-state index contributed by atoms with van der Waals surface area (Å²) in [5, 5.41) is 0. The normalized spacial score (nSPS) is 15.1. The van der Waals surface area contributed by atoms with Crippen LogP contribution >= 0.6 is 15.9 Å². The molecule has 1 aliphatic carbocycles. The first-order valence-corrected chi connectivity index (χ1v) is 7.04. The number of halogens is 1. The summed E-state index contributed by atoms with van der Waals surface area (Å²) in [6.07, 6.45) is 6.86. The SMILES string of the molecule is COc1ccc(Br)c(CC(=O)C2=CCCCC2)c1. The van der Waals surface area contributed by atoms with Crippen molar-refractivity contribution in [2.75, 3.05) is 7.11 Å². The van der Waals surface area contributed by atoms with Gasteiger partial charge in [0, 0.05) is 10.9 Å². The van der Waals surface area contributed by atoms with E-state index < -0.39 is 0 Å². The lowest BCUT2D eigenvalue weighted by Gasteiger charge is -2.12. The van der Waals surface area contributed by atoms with Crippen LogP contribution in [0.25, 0.3) is 0 Å². The van der Waals surface area contributed by atoms with Crippen LogP contribution in [0.3, 0.4) is 0 Å². The first-order chi connectivity index (χ1) is 8.70. The number of carbonyl (C=O) groups excluding carboxylic acids is 1. The largest absolute Gasteiger partial charge is 0.497 e. The molecule has 0 bridgehead atoms. The number of hydrogen-bond donors (Lipinski definition) is 0. The average Bonchev–Trinajstić information content (AvgIpc) is 2.42. The summed E-state index contributed by atoms with van der Waals surface area (Å²) in [5.74, 6) is 1.03. The van der Waals surface area contributed by atoms with Crippen LogP contribution in [0.5, 0.6) is 5.75 Å². The molecule has 0 aromatic heterocycles. The van der Waals surface area contributed by atoms with Crippen LogP contribution in [-0.2, 0) is 11.2 Å². The number of rotatable bonds is 4. The first-order valence-electron chi connectivity index (χ1n) is 6.25. The molecule has 0 radical (unpaired) electrons. The Kier molecular flexibility index (Phi) is 4.59. The number of Topliss-reactive ketones (excluding diaryl/α,β-unsaturated/α-hetero) is 1. The Morgan fingerprint density at radius 3 is 2.89 bits per heavy atom. The lowest BCUT2D eigenvalue weighted by molar-refractivity contribution is -0.115. The van der Waals surface area contributed by atoms with Gasteiger partial charge in [0.25, 0.3) is 0 Å². The molecule has 18 heavy (non-hydrogen) atoms. The van der Waals surface area contributed by atoms with Crippen molar-refractivity contribution >= 4 is 21.7 Å². The molecule has 0 heterocycles. The zero-order valence-corrected chi connectivity index (χ0v) is 12.1. The summed E-state index contributed by atoms with van der Waals surface area (Å²) in [6.45, 7) is 0. The molecular weight excluding hydrogens is 292 g/mol. The highest BCUT2D eigenvalue weighted by Crippen LogP contribution is 2.25. The van der Waals surface area contributed by atoms with Gasteiger partial charge in [-0.05, 0) is 55.0 Å². The van der Waals surface area contributed by atoms with Crippen molar-refractivity contribution < 1.29 is 9.53 Å². The lowest BCUT2D eigenvalue weighted by Crippen LogP contribution is -2.09. The van der Waals surface area contributed by atoms with E-state index in [1.54, 1.807) is 7.11 Å². The number of allylic oxidation sites excluding steroid dienone is 2. The van der Waals surface area contributed by atoms with E-state index in [4.69, 9.17) is 4.74 Å². The van der Waals surface area contributed by atoms with Gasteiger partial charge in [0.15, 0.2) is 5.78 Å². The quantitative estimate of drug-likeness (QED) is 0.838. The van der Waals surface area contributed by atoms with E-state index in [0.29, 0.717) is 6.42 Å². The molecule has 1 aromatic rings. The fourth-order valence-electron chi connectivity index (χ4n) is 2.19. The second-order valence-electron chi connectivity index (χ2n) is 4.53. The zero-order valence-electron chi connectivity index (χ0n) is 10.5. The topological polar surface area (TPSA) is 26.3 Å². The van der Waals surface area contributed by atoms with Crippen molar-refractivity contribution in [2.45, 2.75) is 32.1 Å². The van der Waals surface area contributed by atoms with Gasteiger partial charge in [-0.3, -0.25) is 4.79 Å². The minimum atomic E-state index is 0.239. The van der Waals surface area contributed by atoms with E-state index in [1.165, 1.54) is 6.42 Å². The highest BCUT2D eigenvalue weighted by Gasteiger charge is 2.14. The Bertz CT molecular complexity index is 477. The van der Waals surface area contributed by atoms with Gasteiger partial charge < -0.3 is 4.74 Å². The molecule has 96 valence electrons. The van der Waals surface area contributed by atoms with E-state index in [2.05, 4.69) is 22.0 Å². The van der Waals surface area contributed by atoms with Crippen molar-refractivity contribution in [1.82, 2.24) is 0 Å². The van der Waals surface area contributed by atoms with E-state index in [-0.39, 0.29) is 5.78 Å². The van der Waals surface area contributed by atoms with Crippen LogP contribution in [-0.4, -0.2) is 12.9 Å². The van der Waals surface area contributed by atoms with Crippen LogP contribution in [0, 0.1) is 0 Å². The molecule has 0 spiro atoms. The lowest BCUT2D eigenvalue weighted by atomic mass is 9.93. The highest BCUT2D eigenvalue weighted by molar-refractivity contribution is 9.10. The molecule has 1 aromatic carbocycles. The van der Waals surface area contributed by atoms with Gasteiger partial charge in [0.1, 0.15) is 5.75 Å². The average molecular weight is 309 g/mol. The molecule has 0 saturated heterocycles. The minimum absolute atomic E-state index is 0.239. The summed E-state index contributed by atoms with van der Waals surface area (Å²) in [7, 11) is 1.64. The van der Waals surface area contributed by atoms with Crippen LogP contribution < -0.4 is 4.74 Å². The molecule has 0 aliphatic heterocycles. The molecular formula is C15H17BrO2. The molecule has 2 nitrogen and oxygen atoms in total. The van der Waals surface area contributed by atoms with Gasteiger partial charge in [-0.25, -0.2) is 0 Å². The number of ketones is 1. The standard InChI is InChI=1S/C15H17BrO2/c1-18-13-7-8-14(16)12(9-13)10-15(17)11-5-3-2-4-6-11/h5,7-9H,2-4,6,10H2,1H3. The molecule has 2 rings (SSSR count).